The third kappa shape index (κ3) is 3.45. The monoisotopic (exact) mass is 297 g/mol. The predicted octanol–water partition coefficient (Wildman–Crippen LogP) is -0.729. The van der Waals surface area contributed by atoms with Gasteiger partial charge in [0.15, 0.2) is 0 Å². The fourth-order valence-electron chi connectivity index (χ4n) is 2.48. The molecule has 2 heterocycles. The summed E-state index contributed by atoms with van der Waals surface area (Å²) in [4.78, 5) is 28.0. The summed E-state index contributed by atoms with van der Waals surface area (Å²) in [7, 11) is 0. The summed E-state index contributed by atoms with van der Waals surface area (Å²) in [6, 6.07) is 0. The molecule has 1 fully saturated rings. The van der Waals surface area contributed by atoms with Gasteiger partial charge in [-0.3, -0.25) is 19.2 Å². The molecule has 1 aliphatic rings. The van der Waals surface area contributed by atoms with E-state index in [1.807, 2.05) is 0 Å². The predicted molar refractivity (Wildman–Crippen MR) is 81.8 cm³/mol. The third-order valence-electron chi connectivity index (χ3n) is 3.73. The van der Waals surface area contributed by atoms with Crippen LogP contribution in [0.4, 0.5) is 11.5 Å². The number of rotatable bonds is 5. The van der Waals surface area contributed by atoms with E-state index in [9.17, 15) is 9.59 Å². The van der Waals surface area contributed by atoms with Crippen molar-refractivity contribution in [2.24, 2.45) is 0 Å². The van der Waals surface area contributed by atoms with Gasteiger partial charge >= 0.3 is 5.69 Å². The number of anilines is 2. The lowest BCUT2D eigenvalue weighted by atomic mass is 10.2. The zero-order chi connectivity index (χ0) is 15.4. The summed E-state index contributed by atoms with van der Waals surface area (Å²) in [6.07, 6.45) is -0.000459. The first-order chi connectivity index (χ1) is 10.1. The van der Waals surface area contributed by atoms with E-state index >= 15 is 0 Å². The number of morpholine rings is 1. The molecular weight excluding hydrogens is 274 g/mol. The number of likely N-dealkylation sites (N-methyl/N-ethyl adjacent to an activating group) is 1. The number of nitrogens with two attached hydrogens (primary N) is 1. The SMILES string of the molecule is CCN1CCOC(CNc2c(N)n(CC)c(=O)[nH]c2=O)C1. The second-order valence-electron chi connectivity index (χ2n) is 5.03. The van der Waals surface area contributed by atoms with Gasteiger partial charge in [0.2, 0.25) is 0 Å². The highest BCUT2D eigenvalue weighted by Gasteiger charge is 2.20. The van der Waals surface area contributed by atoms with Crippen molar-refractivity contribution >= 4 is 11.5 Å². The molecule has 0 saturated carbocycles. The lowest BCUT2D eigenvalue weighted by Gasteiger charge is -2.32. The van der Waals surface area contributed by atoms with Crippen molar-refractivity contribution < 1.29 is 4.74 Å². The fraction of sp³-hybridized carbons (Fsp3) is 0.692. The normalized spacial score (nSPS) is 19.6. The Kier molecular flexibility index (Phi) is 5.03. The van der Waals surface area contributed by atoms with Crippen molar-refractivity contribution in [3.63, 3.8) is 0 Å². The molecule has 0 amide bonds. The van der Waals surface area contributed by atoms with Gasteiger partial charge in [0, 0.05) is 26.2 Å². The van der Waals surface area contributed by atoms with E-state index in [1.165, 1.54) is 4.57 Å². The van der Waals surface area contributed by atoms with Gasteiger partial charge in [0.05, 0.1) is 12.7 Å². The summed E-state index contributed by atoms with van der Waals surface area (Å²) in [5, 5.41) is 3.02. The Bertz CT molecular complexity index is 594. The lowest BCUT2D eigenvalue weighted by Crippen LogP contribution is -2.45. The highest BCUT2D eigenvalue weighted by molar-refractivity contribution is 5.60. The Morgan fingerprint density at radius 3 is 2.81 bits per heavy atom. The Morgan fingerprint density at radius 1 is 1.38 bits per heavy atom. The number of nitrogens with one attached hydrogen (secondary N) is 2. The minimum absolute atomic E-state index is 0.000459. The second kappa shape index (κ2) is 6.77. The summed E-state index contributed by atoms with van der Waals surface area (Å²) in [6.45, 7) is 8.18. The van der Waals surface area contributed by atoms with Crippen LogP contribution in [-0.2, 0) is 11.3 Å². The number of H-pyrrole nitrogens is 1. The van der Waals surface area contributed by atoms with Crippen LogP contribution in [0.3, 0.4) is 0 Å². The van der Waals surface area contributed by atoms with Gasteiger partial charge in [0.25, 0.3) is 5.56 Å². The van der Waals surface area contributed by atoms with Gasteiger partial charge in [-0.1, -0.05) is 6.92 Å². The number of hydrogen-bond acceptors (Lipinski definition) is 6. The summed E-state index contributed by atoms with van der Waals surface area (Å²) < 4.78 is 6.99. The average molecular weight is 297 g/mol. The number of hydrogen-bond donors (Lipinski definition) is 3. The van der Waals surface area contributed by atoms with E-state index in [2.05, 4.69) is 22.1 Å². The standard InChI is InChI=1S/C13H23N5O3/c1-3-17-5-6-21-9(8-17)7-15-10-11(14)18(4-2)13(20)16-12(10)19/h9,15H,3-8,14H2,1-2H3,(H,16,19,20). The molecule has 21 heavy (non-hydrogen) atoms. The summed E-state index contributed by atoms with van der Waals surface area (Å²) >= 11 is 0. The van der Waals surface area contributed by atoms with Crippen LogP contribution in [0.25, 0.3) is 0 Å². The van der Waals surface area contributed by atoms with Crippen LogP contribution in [-0.4, -0.2) is 53.3 Å². The summed E-state index contributed by atoms with van der Waals surface area (Å²) in [5.74, 6) is 0.161. The van der Waals surface area contributed by atoms with Gasteiger partial charge in [-0.05, 0) is 13.5 Å². The topological polar surface area (TPSA) is 105 Å². The van der Waals surface area contributed by atoms with Crippen molar-refractivity contribution in [1.82, 2.24) is 14.5 Å². The van der Waals surface area contributed by atoms with E-state index in [4.69, 9.17) is 10.5 Å². The van der Waals surface area contributed by atoms with Gasteiger partial charge < -0.3 is 15.8 Å². The smallest absolute Gasteiger partial charge is 0.330 e. The number of nitrogens with zero attached hydrogens (tertiary/aromatic N) is 2. The minimum atomic E-state index is -0.495. The Labute approximate surface area is 122 Å². The van der Waals surface area contributed by atoms with Crippen LogP contribution < -0.4 is 22.3 Å². The molecule has 0 aromatic carbocycles. The molecule has 1 aromatic heterocycles. The molecule has 0 aliphatic carbocycles. The molecule has 4 N–H and O–H groups in total. The fourth-order valence-corrected chi connectivity index (χ4v) is 2.48. The minimum Gasteiger partial charge on any atom is -0.383 e. The molecule has 0 radical (unpaired) electrons. The Balaban J connectivity index is 2.10. The Hall–Kier alpha value is -1.80. The molecule has 1 aromatic rings. The molecule has 118 valence electrons. The molecule has 8 heteroatoms. The maximum atomic E-state index is 11.9. The van der Waals surface area contributed by atoms with E-state index in [0.717, 1.165) is 19.6 Å². The maximum Gasteiger partial charge on any atom is 0.330 e. The molecule has 8 nitrogen and oxygen atoms in total. The third-order valence-corrected chi connectivity index (χ3v) is 3.73. The van der Waals surface area contributed by atoms with Gasteiger partial charge in [-0.25, -0.2) is 4.79 Å². The van der Waals surface area contributed by atoms with E-state index in [1.54, 1.807) is 6.92 Å². The van der Waals surface area contributed by atoms with Gasteiger partial charge in [0.1, 0.15) is 11.5 Å². The van der Waals surface area contributed by atoms with Crippen LogP contribution in [0.1, 0.15) is 13.8 Å². The van der Waals surface area contributed by atoms with Crippen LogP contribution in [0.5, 0.6) is 0 Å². The first kappa shape index (κ1) is 15.6. The molecule has 0 bridgehead atoms. The zero-order valence-electron chi connectivity index (χ0n) is 12.5. The molecule has 2 rings (SSSR count). The van der Waals surface area contributed by atoms with Crippen LogP contribution >= 0.6 is 0 Å². The zero-order valence-corrected chi connectivity index (χ0v) is 12.5. The maximum absolute atomic E-state index is 11.9. The number of ether oxygens (including phenoxy) is 1. The van der Waals surface area contributed by atoms with E-state index < -0.39 is 11.2 Å². The average Bonchev–Trinajstić information content (AvgIpc) is 2.47. The molecule has 0 spiro atoms. The number of nitrogen functional groups attached to an aromatic ring is 1. The second-order valence-corrected chi connectivity index (χ2v) is 5.03. The summed E-state index contributed by atoms with van der Waals surface area (Å²) in [5.41, 5.74) is 5.14. The molecule has 1 atom stereocenters. The number of aromatic amines is 1. The molecule has 1 saturated heterocycles. The van der Waals surface area contributed by atoms with Crippen molar-refractivity contribution in [2.75, 3.05) is 43.8 Å². The van der Waals surface area contributed by atoms with Crippen molar-refractivity contribution in [3.8, 4) is 0 Å². The first-order valence-corrected chi connectivity index (χ1v) is 7.27. The first-order valence-electron chi connectivity index (χ1n) is 7.27. The number of aromatic nitrogens is 2. The molecule has 1 aliphatic heterocycles. The highest BCUT2D eigenvalue weighted by Crippen LogP contribution is 2.11. The molecule has 1 unspecified atom stereocenters. The quantitative estimate of drug-likeness (QED) is 0.662. The largest absolute Gasteiger partial charge is 0.383 e. The van der Waals surface area contributed by atoms with Crippen LogP contribution in [0.15, 0.2) is 9.59 Å². The highest BCUT2D eigenvalue weighted by atomic mass is 16.5. The van der Waals surface area contributed by atoms with Crippen LogP contribution in [0, 0.1) is 0 Å². The van der Waals surface area contributed by atoms with Crippen molar-refractivity contribution in [1.29, 1.82) is 0 Å². The van der Waals surface area contributed by atoms with Crippen LogP contribution in [0.2, 0.25) is 0 Å². The van der Waals surface area contributed by atoms with Gasteiger partial charge in [-0.2, -0.15) is 0 Å². The Morgan fingerprint density at radius 2 is 2.14 bits per heavy atom. The van der Waals surface area contributed by atoms with Gasteiger partial charge in [-0.15, -0.1) is 0 Å². The lowest BCUT2D eigenvalue weighted by molar-refractivity contribution is -0.0191. The van der Waals surface area contributed by atoms with E-state index in [0.29, 0.717) is 19.7 Å². The van der Waals surface area contributed by atoms with Crippen molar-refractivity contribution in [2.45, 2.75) is 26.5 Å². The van der Waals surface area contributed by atoms with E-state index in [-0.39, 0.29) is 17.6 Å². The molecular formula is C13H23N5O3. The van der Waals surface area contributed by atoms with Crippen molar-refractivity contribution in [3.05, 3.63) is 20.8 Å².